The fourth-order valence-electron chi connectivity index (χ4n) is 10.5. The van der Waals surface area contributed by atoms with E-state index >= 15 is 0 Å². The Bertz CT molecular complexity index is 2420. The van der Waals surface area contributed by atoms with Gasteiger partial charge in [-0.15, -0.1) is 0 Å². The number of alkyl carbamates (subject to hydrolysis) is 2. The molecule has 6 atom stereocenters. The van der Waals surface area contributed by atoms with Gasteiger partial charge in [0.25, 0.3) is 0 Å². The summed E-state index contributed by atoms with van der Waals surface area (Å²) in [6, 6.07) is 6.78. The van der Waals surface area contributed by atoms with Crippen LogP contribution in [0.5, 0.6) is 0 Å². The van der Waals surface area contributed by atoms with Crippen molar-refractivity contribution in [3.05, 3.63) is 65.6 Å². The molecule has 4 aromatic rings. The minimum Gasteiger partial charge on any atom is -0.453 e. The number of amides is 4. The Hall–Kier alpha value is -6.19. The molecular weight excluding hydrogens is 803 g/mol. The first-order valence-electron chi connectivity index (χ1n) is 22.2. The molecule has 16 heteroatoms. The Morgan fingerprint density at radius 3 is 2.17 bits per heavy atom. The first-order valence-corrected chi connectivity index (χ1v) is 22.2. The summed E-state index contributed by atoms with van der Waals surface area (Å²) in [4.78, 5) is 72.7. The molecule has 16 nitrogen and oxygen atoms in total. The third-order valence-electron chi connectivity index (χ3n) is 13.5. The van der Waals surface area contributed by atoms with Crippen LogP contribution in [0.25, 0.3) is 39.2 Å². The van der Waals surface area contributed by atoms with Crippen molar-refractivity contribution in [3.8, 4) is 22.4 Å². The van der Waals surface area contributed by atoms with Gasteiger partial charge >= 0.3 is 12.2 Å². The number of carbonyl (C=O) groups is 4. The van der Waals surface area contributed by atoms with E-state index in [2.05, 4.69) is 56.9 Å². The lowest BCUT2D eigenvalue weighted by atomic mass is 9.82. The molecule has 334 valence electrons. The number of rotatable bonds is 14. The quantitative estimate of drug-likeness (QED) is 0.0938. The smallest absolute Gasteiger partial charge is 0.407 e. The molecule has 63 heavy (non-hydrogen) atoms. The SMILES string of the molecule is C=N/C=C(\NCC1CCCN1C(=O)C(NC(=O)OC)C(C)C)c1ccc(-c2ccc(-c3cnc(C4CCCN4C(=O)C(NC(=O)OC)C(C)C)[nH]3)c3ncoc23)c2c1C1CCC2C1. The van der Waals surface area contributed by atoms with Crippen molar-refractivity contribution in [2.75, 3.05) is 33.9 Å². The minimum atomic E-state index is -0.722. The highest BCUT2D eigenvalue weighted by molar-refractivity contribution is 6.00. The average Bonchev–Trinajstić information content (AvgIpc) is 4.15. The summed E-state index contributed by atoms with van der Waals surface area (Å²) < 4.78 is 15.8. The lowest BCUT2D eigenvalue weighted by Crippen LogP contribution is -2.53. The summed E-state index contributed by atoms with van der Waals surface area (Å²) in [6.07, 6.45) is 10.4. The Balaban J connectivity index is 1.06. The van der Waals surface area contributed by atoms with Gasteiger partial charge in [0.15, 0.2) is 12.0 Å². The number of ether oxygens (including phenoxy) is 2. The molecule has 2 bridgehead atoms. The summed E-state index contributed by atoms with van der Waals surface area (Å²) in [6.45, 7) is 13.2. The number of methoxy groups -OCH3 is 2. The molecular formula is C47H59N9O7. The molecule has 4 aliphatic rings. The lowest BCUT2D eigenvalue weighted by molar-refractivity contribution is -0.136. The van der Waals surface area contributed by atoms with Crippen LogP contribution in [0.2, 0.25) is 0 Å². The van der Waals surface area contributed by atoms with Gasteiger partial charge in [-0.3, -0.25) is 14.6 Å². The second-order valence-corrected chi connectivity index (χ2v) is 17.9. The van der Waals surface area contributed by atoms with Gasteiger partial charge in [-0.25, -0.2) is 19.6 Å². The first kappa shape index (κ1) is 43.5. The van der Waals surface area contributed by atoms with E-state index in [-0.39, 0.29) is 35.7 Å². The van der Waals surface area contributed by atoms with Crippen LogP contribution in [-0.4, -0.2) is 107 Å². The molecule has 4 heterocycles. The van der Waals surface area contributed by atoms with Gasteiger partial charge < -0.3 is 44.6 Å². The Morgan fingerprint density at radius 2 is 1.49 bits per heavy atom. The van der Waals surface area contributed by atoms with Gasteiger partial charge in [-0.1, -0.05) is 39.8 Å². The summed E-state index contributed by atoms with van der Waals surface area (Å²) >= 11 is 0. The van der Waals surface area contributed by atoms with Crippen molar-refractivity contribution in [2.24, 2.45) is 16.8 Å². The number of hydrogen-bond donors (Lipinski definition) is 4. The Kier molecular flexibility index (Phi) is 12.6. The normalized spacial score (nSPS) is 21.5. The van der Waals surface area contributed by atoms with Crippen LogP contribution in [0.1, 0.15) is 113 Å². The van der Waals surface area contributed by atoms with E-state index in [1.807, 2.05) is 32.6 Å². The standard InChI is InChI=1S/C47H59N9O7/c1-25(2)39(53-46(59)61-6)44(57)55-18-8-10-29(55)21-49-34(22-48-5)32-16-14-30(37-27-12-13-28(20-27)38(32)37)31-15-17-33(41-42(31)63-24-51-41)35-23-50-43(52-35)36-11-9-19-56(36)45(58)40(26(3)4)54-47(60)62-7/h14-17,22-29,36,39-40,49H,5,8-13,18-21H2,1-4,6-7H3,(H,50,52)(H,53,59)(H,54,60)/b34-22-. The second kappa shape index (κ2) is 18.3. The van der Waals surface area contributed by atoms with E-state index in [0.717, 1.165) is 78.6 Å². The monoisotopic (exact) mass is 861 g/mol. The zero-order valence-corrected chi connectivity index (χ0v) is 37.0. The van der Waals surface area contributed by atoms with E-state index in [0.29, 0.717) is 48.4 Å². The van der Waals surface area contributed by atoms with Gasteiger partial charge in [-0.05, 0) is 104 Å². The molecule has 6 unspecified atom stereocenters. The zero-order valence-electron chi connectivity index (χ0n) is 37.0. The van der Waals surface area contributed by atoms with Crippen molar-refractivity contribution in [2.45, 2.75) is 109 Å². The van der Waals surface area contributed by atoms with Crippen LogP contribution >= 0.6 is 0 Å². The number of fused-ring (bicyclic) bond motifs is 6. The number of carbonyl (C=O) groups excluding carboxylic acids is 4. The molecule has 3 fully saturated rings. The van der Waals surface area contributed by atoms with Crippen LogP contribution in [0.4, 0.5) is 9.59 Å². The molecule has 4 N–H and O–H groups in total. The number of aliphatic imine (C=N–C) groups is 1. The number of hydrogen-bond acceptors (Lipinski definition) is 11. The average molecular weight is 862 g/mol. The molecule has 0 spiro atoms. The maximum absolute atomic E-state index is 13.8. The number of benzene rings is 2. The number of nitrogens with zero attached hydrogens (tertiary/aromatic N) is 5. The summed E-state index contributed by atoms with van der Waals surface area (Å²) in [7, 11) is 2.59. The molecule has 2 saturated heterocycles. The highest BCUT2D eigenvalue weighted by Crippen LogP contribution is 2.58. The van der Waals surface area contributed by atoms with Crippen molar-refractivity contribution >= 4 is 47.5 Å². The van der Waals surface area contributed by atoms with Crippen molar-refractivity contribution in [1.82, 2.24) is 40.7 Å². The third kappa shape index (κ3) is 8.27. The van der Waals surface area contributed by atoms with Crippen LogP contribution in [0.3, 0.4) is 0 Å². The van der Waals surface area contributed by atoms with Crippen LogP contribution in [-0.2, 0) is 19.1 Å². The number of aromatic nitrogens is 3. The molecule has 2 aromatic carbocycles. The van der Waals surface area contributed by atoms with Gasteiger partial charge in [0.05, 0.1) is 37.8 Å². The summed E-state index contributed by atoms with van der Waals surface area (Å²) in [5.41, 5.74) is 9.68. The largest absolute Gasteiger partial charge is 0.453 e. The van der Waals surface area contributed by atoms with Crippen LogP contribution < -0.4 is 16.0 Å². The number of nitrogens with one attached hydrogen (secondary N) is 4. The maximum Gasteiger partial charge on any atom is 0.407 e. The fourth-order valence-corrected chi connectivity index (χ4v) is 10.5. The number of imidazole rings is 1. The predicted molar refractivity (Wildman–Crippen MR) is 239 cm³/mol. The molecule has 0 radical (unpaired) electrons. The van der Waals surface area contributed by atoms with Gasteiger partial charge in [0.1, 0.15) is 23.4 Å². The molecule has 1 saturated carbocycles. The summed E-state index contributed by atoms with van der Waals surface area (Å²) in [5.74, 6) is 0.970. The van der Waals surface area contributed by atoms with E-state index < -0.39 is 24.3 Å². The number of H-pyrrole nitrogens is 1. The third-order valence-corrected chi connectivity index (χ3v) is 13.5. The van der Waals surface area contributed by atoms with Crippen molar-refractivity contribution in [1.29, 1.82) is 0 Å². The Labute approximate surface area is 367 Å². The van der Waals surface area contributed by atoms with E-state index in [9.17, 15) is 19.2 Å². The van der Waals surface area contributed by atoms with Crippen LogP contribution in [0.15, 0.2) is 52.5 Å². The summed E-state index contributed by atoms with van der Waals surface area (Å²) in [5, 5.41) is 9.13. The van der Waals surface area contributed by atoms with E-state index in [4.69, 9.17) is 23.9 Å². The maximum atomic E-state index is 13.8. The molecule has 4 amide bonds. The van der Waals surface area contributed by atoms with E-state index in [1.165, 1.54) is 31.7 Å². The topological polar surface area (TPSA) is 196 Å². The highest BCUT2D eigenvalue weighted by atomic mass is 16.5. The molecule has 2 aromatic heterocycles. The first-order chi connectivity index (χ1) is 30.4. The van der Waals surface area contributed by atoms with E-state index in [1.54, 1.807) is 17.3 Å². The number of likely N-dealkylation sites (tertiary alicyclic amines) is 2. The lowest BCUT2D eigenvalue weighted by Gasteiger charge is -2.31. The van der Waals surface area contributed by atoms with Gasteiger partial charge in [0, 0.05) is 48.6 Å². The highest BCUT2D eigenvalue weighted by Gasteiger charge is 2.42. The predicted octanol–water partition coefficient (Wildman–Crippen LogP) is 7.25. The molecule has 2 aliphatic carbocycles. The van der Waals surface area contributed by atoms with Gasteiger partial charge in [0.2, 0.25) is 11.8 Å². The number of oxazole rings is 1. The van der Waals surface area contributed by atoms with Crippen LogP contribution in [0, 0.1) is 11.8 Å². The minimum absolute atomic E-state index is 0.0634. The molecule has 2 aliphatic heterocycles. The van der Waals surface area contributed by atoms with Crippen molar-refractivity contribution in [3.63, 3.8) is 0 Å². The molecule has 8 rings (SSSR count). The number of aromatic amines is 1. The zero-order chi connectivity index (χ0) is 44.5. The van der Waals surface area contributed by atoms with Gasteiger partial charge in [-0.2, -0.15) is 0 Å². The Morgan fingerprint density at radius 1 is 0.857 bits per heavy atom. The van der Waals surface area contributed by atoms with Crippen molar-refractivity contribution < 1.29 is 33.1 Å². The fraction of sp³-hybridized carbons (Fsp3) is 0.511. The second-order valence-electron chi connectivity index (χ2n) is 17.9.